The normalized spacial score (nSPS) is 11.9. The predicted octanol–water partition coefficient (Wildman–Crippen LogP) is 8.41. The highest BCUT2D eigenvalue weighted by Gasteiger charge is 2.28. The second-order valence-electron chi connectivity index (χ2n) is 8.78. The van der Waals surface area contributed by atoms with Gasteiger partial charge in [0.2, 0.25) is 0 Å². The Balaban J connectivity index is 1.49. The lowest BCUT2D eigenvalue weighted by Crippen LogP contribution is -2.16. The third-order valence-corrected chi connectivity index (χ3v) is 6.71. The van der Waals surface area contributed by atoms with Crippen molar-refractivity contribution in [2.75, 3.05) is 4.90 Å². The molecule has 0 saturated heterocycles. The summed E-state index contributed by atoms with van der Waals surface area (Å²) in [6, 6.07) is 40.8. The average Bonchev–Trinajstić information content (AvgIpc) is 2.94. The lowest BCUT2D eigenvalue weighted by atomic mass is 9.89. The van der Waals surface area contributed by atoms with E-state index < -0.39 is 0 Å². The Morgan fingerprint density at radius 2 is 1.26 bits per heavy atom. The molecular formula is C32H21N3. The first-order valence-electron chi connectivity index (χ1n) is 11.7. The van der Waals surface area contributed by atoms with Crippen molar-refractivity contribution in [1.29, 1.82) is 0 Å². The van der Waals surface area contributed by atoms with Gasteiger partial charge in [0, 0.05) is 22.8 Å². The van der Waals surface area contributed by atoms with Gasteiger partial charge in [0.05, 0.1) is 5.69 Å². The number of hydrogen-bond acceptors (Lipinski definition) is 3. The zero-order valence-corrected chi connectivity index (χ0v) is 19.0. The van der Waals surface area contributed by atoms with Gasteiger partial charge in [-0.25, -0.2) is 9.97 Å². The number of fused-ring (bicyclic) bond motifs is 2. The first-order valence-corrected chi connectivity index (χ1v) is 11.7. The van der Waals surface area contributed by atoms with Crippen LogP contribution in [0.5, 0.6) is 0 Å². The fraction of sp³-hybridized carbons (Fsp3) is 0. The summed E-state index contributed by atoms with van der Waals surface area (Å²) >= 11 is 0. The molecule has 1 aliphatic heterocycles. The second kappa shape index (κ2) is 7.93. The van der Waals surface area contributed by atoms with Crippen molar-refractivity contribution in [3.8, 4) is 33.4 Å². The van der Waals surface area contributed by atoms with Crippen molar-refractivity contribution in [2.45, 2.75) is 0 Å². The zero-order valence-electron chi connectivity index (χ0n) is 19.0. The van der Waals surface area contributed by atoms with E-state index in [0.717, 1.165) is 22.8 Å². The van der Waals surface area contributed by atoms with Crippen LogP contribution in [-0.4, -0.2) is 9.97 Å². The summed E-state index contributed by atoms with van der Waals surface area (Å²) in [6.07, 6.45) is 3.58. The number of anilines is 3. The van der Waals surface area contributed by atoms with Gasteiger partial charge in [-0.15, -0.1) is 0 Å². The summed E-state index contributed by atoms with van der Waals surface area (Å²) in [5, 5.41) is 2.43. The first-order chi connectivity index (χ1) is 17.4. The van der Waals surface area contributed by atoms with Gasteiger partial charge >= 0.3 is 0 Å². The van der Waals surface area contributed by atoms with Crippen molar-refractivity contribution in [3.05, 3.63) is 128 Å². The lowest BCUT2D eigenvalue weighted by Gasteiger charge is -2.32. The van der Waals surface area contributed by atoms with Crippen LogP contribution in [0.15, 0.2) is 128 Å². The molecule has 0 saturated carbocycles. The zero-order chi connectivity index (χ0) is 23.2. The minimum Gasteiger partial charge on any atom is -0.294 e. The maximum absolute atomic E-state index is 4.78. The smallest absolute Gasteiger partial charge is 0.148 e. The van der Waals surface area contributed by atoms with E-state index >= 15 is 0 Å². The van der Waals surface area contributed by atoms with E-state index in [0.29, 0.717) is 0 Å². The van der Waals surface area contributed by atoms with Gasteiger partial charge < -0.3 is 0 Å². The molecular weight excluding hydrogens is 426 g/mol. The van der Waals surface area contributed by atoms with E-state index in [2.05, 4.69) is 119 Å². The molecule has 0 bridgehead atoms. The molecule has 7 rings (SSSR count). The van der Waals surface area contributed by atoms with Crippen molar-refractivity contribution >= 4 is 28.0 Å². The van der Waals surface area contributed by atoms with Gasteiger partial charge in [0.25, 0.3) is 0 Å². The summed E-state index contributed by atoms with van der Waals surface area (Å²) < 4.78 is 0. The molecule has 35 heavy (non-hydrogen) atoms. The molecule has 164 valence electrons. The van der Waals surface area contributed by atoms with E-state index in [1.54, 1.807) is 6.33 Å². The lowest BCUT2D eigenvalue weighted by molar-refractivity contribution is 1.11. The van der Waals surface area contributed by atoms with Gasteiger partial charge in [0.15, 0.2) is 0 Å². The van der Waals surface area contributed by atoms with Crippen molar-refractivity contribution < 1.29 is 0 Å². The van der Waals surface area contributed by atoms with E-state index in [1.165, 1.54) is 38.6 Å². The Morgan fingerprint density at radius 1 is 0.543 bits per heavy atom. The fourth-order valence-corrected chi connectivity index (χ4v) is 5.13. The summed E-state index contributed by atoms with van der Waals surface area (Å²) in [6.45, 7) is 0. The number of hydrogen-bond donors (Lipinski definition) is 0. The minimum absolute atomic E-state index is 0.899. The molecule has 3 heteroatoms. The maximum atomic E-state index is 4.78. The molecule has 0 aliphatic carbocycles. The van der Waals surface area contributed by atoms with Gasteiger partial charge in [-0.3, -0.25) is 4.90 Å². The molecule has 6 aromatic rings. The SMILES string of the molecule is c1ccc(-c2cccc(N3c4ncncc4-c4cc(-c5ccccc5)cc5cccc3c45)c2)cc1. The van der Waals surface area contributed by atoms with Crippen LogP contribution in [-0.2, 0) is 0 Å². The van der Waals surface area contributed by atoms with Gasteiger partial charge in [0.1, 0.15) is 12.1 Å². The topological polar surface area (TPSA) is 29.0 Å². The van der Waals surface area contributed by atoms with Crippen molar-refractivity contribution in [2.24, 2.45) is 0 Å². The van der Waals surface area contributed by atoms with Crippen LogP contribution in [0, 0.1) is 0 Å². The van der Waals surface area contributed by atoms with E-state index in [4.69, 9.17) is 4.98 Å². The number of nitrogens with zero attached hydrogens (tertiary/aromatic N) is 3. The number of rotatable bonds is 3. The highest BCUT2D eigenvalue weighted by molar-refractivity contribution is 6.14. The third-order valence-electron chi connectivity index (χ3n) is 6.71. The number of benzene rings is 5. The summed E-state index contributed by atoms with van der Waals surface area (Å²) in [4.78, 5) is 11.5. The van der Waals surface area contributed by atoms with Gasteiger partial charge in [-0.05, 0) is 63.5 Å². The maximum Gasteiger partial charge on any atom is 0.148 e. The molecule has 0 fully saturated rings. The van der Waals surface area contributed by atoms with Crippen LogP contribution >= 0.6 is 0 Å². The molecule has 1 aromatic heterocycles. The predicted molar refractivity (Wildman–Crippen MR) is 144 cm³/mol. The average molecular weight is 448 g/mol. The van der Waals surface area contributed by atoms with E-state index in [-0.39, 0.29) is 0 Å². The molecule has 0 N–H and O–H groups in total. The van der Waals surface area contributed by atoms with Gasteiger partial charge in [-0.2, -0.15) is 0 Å². The van der Waals surface area contributed by atoms with Crippen molar-refractivity contribution in [3.63, 3.8) is 0 Å². The van der Waals surface area contributed by atoms with Crippen LogP contribution in [0.25, 0.3) is 44.2 Å². The third kappa shape index (κ3) is 3.21. The summed E-state index contributed by atoms with van der Waals surface area (Å²) in [7, 11) is 0. The first kappa shape index (κ1) is 19.7. The molecule has 0 unspecified atom stereocenters. The molecule has 3 nitrogen and oxygen atoms in total. The molecule has 0 atom stereocenters. The Morgan fingerprint density at radius 3 is 2.06 bits per heavy atom. The minimum atomic E-state index is 0.899. The molecule has 2 heterocycles. The second-order valence-corrected chi connectivity index (χ2v) is 8.78. The van der Waals surface area contributed by atoms with Crippen LogP contribution in [0.4, 0.5) is 17.2 Å². The highest BCUT2D eigenvalue weighted by atomic mass is 15.2. The van der Waals surface area contributed by atoms with E-state index in [9.17, 15) is 0 Å². The Hall–Kier alpha value is -4.76. The molecule has 0 radical (unpaired) electrons. The number of aromatic nitrogens is 2. The highest BCUT2D eigenvalue weighted by Crippen LogP contribution is 2.50. The monoisotopic (exact) mass is 447 g/mol. The fourth-order valence-electron chi connectivity index (χ4n) is 5.13. The molecule has 0 amide bonds. The Bertz CT molecular complexity index is 1690. The Kier molecular flexibility index (Phi) is 4.46. The largest absolute Gasteiger partial charge is 0.294 e. The molecule has 5 aromatic carbocycles. The van der Waals surface area contributed by atoms with Crippen LogP contribution < -0.4 is 4.90 Å². The standard InChI is InChI=1S/C32H21N3/c1-3-9-22(10-4-1)24-13-7-15-27(18-24)35-30-16-8-14-25-17-26(23-11-5-2-6-12-23)19-28(31(25)30)29-20-33-21-34-32(29)35/h1-21H. The van der Waals surface area contributed by atoms with Crippen LogP contribution in [0.3, 0.4) is 0 Å². The van der Waals surface area contributed by atoms with Crippen molar-refractivity contribution in [1.82, 2.24) is 9.97 Å². The quantitative estimate of drug-likeness (QED) is 0.272. The summed E-state index contributed by atoms with van der Waals surface area (Å²) in [5.41, 5.74) is 9.19. The van der Waals surface area contributed by atoms with E-state index in [1.807, 2.05) is 12.3 Å². The molecule has 0 spiro atoms. The Labute approximate surface area is 204 Å². The van der Waals surface area contributed by atoms with Crippen LogP contribution in [0.2, 0.25) is 0 Å². The molecule has 1 aliphatic rings. The summed E-state index contributed by atoms with van der Waals surface area (Å²) in [5.74, 6) is 0.899. The van der Waals surface area contributed by atoms with Crippen LogP contribution in [0.1, 0.15) is 0 Å². The van der Waals surface area contributed by atoms with Gasteiger partial charge in [-0.1, -0.05) is 84.9 Å².